The molecule has 1 aliphatic heterocycles. The number of nitrogens with one attached hydrogen (secondary N) is 2. The van der Waals surface area contributed by atoms with Crippen LogP contribution in [0.1, 0.15) is 47.6 Å². The summed E-state index contributed by atoms with van der Waals surface area (Å²) in [6.07, 6.45) is 3.92. The lowest BCUT2D eigenvalue weighted by molar-refractivity contribution is 0.509. The maximum atomic E-state index is 12.3. The predicted molar refractivity (Wildman–Crippen MR) is 124 cm³/mol. The van der Waals surface area contributed by atoms with Crippen molar-refractivity contribution in [1.29, 1.82) is 0 Å². The molecule has 0 saturated heterocycles. The Bertz CT molecular complexity index is 835. The van der Waals surface area contributed by atoms with Crippen LogP contribution in [0.5, 0.6) is 0 Å². The van der Waals surface area contributed by atoms with Gasteiger partial charge in [0.05, 0.1) is 12.2 Å². The van der Waals surface area contributed by atoms with Gasteiger partial charge in [-0.1, -0.05) is 0 Å². The fraction of sp³-hybridized carbons (Fsp3) is 0.667. The highest BCUT2D eigenvalue weighted by Gasteiger charge is 2.16. The van der Waals surface area contributed by atoms with E-state index in [1.807, 2.05) is 18.4 Å². The highest BCUT2D eigenvalue weighted by Crippen LogP contribution is 2.16. The van der Waals surface area contributed by atoms with Crippen LogP contribution in [0.25, 0.3) is 0 Å². The van der Waals surface area contributed by atoms with E-state index in [4.69, 9.17) is 0 Å². The molecule has 0 radical (unpaired) electrons. The second kappa shape index (κ2) is 10.9. The average Bonchev–Trinajstić information content (AvgIpc) is 3.16. The van der Waals surface area contributed by atoms with Crippen LogP contribution in [-0.2, 0) is 26.1 Å². The van der Waals surface area contributed by atoms with Gasteiger partial charge in [-0.2, -0.15) is 5.10 Å². The van der Waals surface area contributed by atoms with Crippen LogP contribution >= 0.6 is 35.3 Å². The van der Waals surface area contributed by atoms with Gasteiger partial charge in [-0.15, -0.1) is 35.3 Å². The molecule has 2 aromatic heterocycles. The Hall–Kier alpha value is -1.43. The standard InChI is InChI=1S/C18H29N7OS.HI/c1-4-19-17(21-12-16-22-13(2)14(3)27-16)20-9-7-11-25-18(26)24-10-6-5-8-15(24)23-25;/h4-12H2,1-3H3,(H2,19,20,21);1H. The van der Waals surface area contributed by atoms with Gasteiger partial charge < -0.3 is 10.6 Å². The maximum absolute atomic E-state index is 12.3. The number of fused-ring (bicyclic) bond motifs is 1. The summed E-state index contributed by atoms with van der Waals surface area (Å²) in [7, 11) is 0. The topological polar surface area (TPSA) is 89.1 Å². The van der Waals surface area contributed by atoms with Crippen LogP contribution < -0.4 is 16.3 Å². The van der Waals surface area contributed by atoms with E-state index in [0.717, 1.165) is 67.8 Å². The molecule has 3 rings (SSSR count). The Labute approximate surface area is 186 Å². The first kappa shape index (κ1) is 22.9. The summed E-state index contributed by atoms with van der Waals surface area (Å²) in [4.78, 5) is 22.7. The van der Waals surface area contributed by atoms with Crippen LogP contribution in [0, 0.1) is 13.8 Å². The molecule has 156 valence electrons. The van der Waals surface area contributed by atoms with Gasteiger partial charge in [-0.05, 0) is 40.0 Å². The number of guanidine groups is 1. The van der Waals surface area contributed by atoms with Crippen LogP contribution in [0.4, 0.5) is 0 Å². The van der Waals surface area contributed by atoms with Gasteiger partial charge in [0.2, 0.25) is 0 Å². The first-order valence-electron chi connectivity index (χ1n) is 9.70. The molecule has 0 atom stereocenters. The smallest absolute Gasteiger partial charge is 0.345 e. The molecule has 0 bridgehead atoms. The third-order valence-electron chi connectivity index (χ3n) is 4.66. The van der Waals surface area contributed by atoms with Crippen molar-refractivity contribution >= 4 is 41.3 Å². The van der Waals surface area contributed by atoms with Crippen molar-refractivity contribution in [2.75, 3.05) is 13.1 Å². The van der Waals surface area contributed by atoms with Crippen molar-refractivity contribution in [3.63, 3.8) is 0 Å². The predicted octanol–water partition coefficient (Wildman–Crippen LogP) is 2.22. The van der Waals surface area contributed by atoms with Gasteiger partial charge >= 0.3 is 5.69 Å². The molecule has 3 heterocycles. The van der Waals surface area contributed by atoms with Crippen LogP contribution in [0.3, 0.4) is 0 Å². The van der Waals surface area contributed by atoms with Crippen molar-refractivity contribution in [2.24, 2.45) is 4.99 Å². The van der Waals surface area contributed by atoms with Crippen LogP contribution in [0.2, 0.25) is 0 Å². The van der Waals surface area contributed by atoms with Crippen molar-refractivity contribution in [3.8, 4) is 0 Å². The van der Waals surface area contributed by atoms with Gasteiger partial charge in [0.1, 0.15) is 10.8 Å². The molecule has 0 unspecified atom stereocenters. The normalized spacial score (nSPS) is 13.8. The summed E-state index contributed by atoms with van der Waals surface area (Å²) in [6, 6.07) is 0. The molecule has 0 spiro atoms. The minimum Gasteiger partial charge on any atom is -0.357 e. The zero-order valence-corrected chi connectivity index (χ0v) is 20.0. The summed E-state index contributed by atoms with van der Waals surface area (Å²) in [5.41, 5.74) is 1.11. The zero-order chi connectivity index (χ0) is 19.2. The maximum Gasteiger partial charge on any atom is 0.345 e. The number of aryl methyl sites for hydroxylation is 4. The number of hydrogen-bond acceptors (Lipinski definition) is 5. The van der Waals surface area contributed by atoms with E-state index < -0.39 is 0 Å². The summed E-state index contributed by atoms with van der Waals surface area (Å²) in [6.45, 7) is 9.68. The minimum absolute atomic E-state index is 0. The summed E-state index contributed by atoms with van der Waals surface area (Å²) < 4.78 is 3.42. The number of thiazole rings is 1. The lowest BCUT2D eigenvalue weighted by Crippen LogP contribution is -2.38. The second-order valence-corrected chi connectivity index (χ2v) is 8.04. The number of halogens is 1. The van der Waals surface area contributed by atoms with Gasteiger partial charge in [0.15, 0.2) is 5.96 Å². The third kappa shape index (κ3) is 5.79. The fourth-order valence-corrected chi connectivity index (χ4v) is 3.98. The molecule has 0 amide bonds. The first-order valence-corrected chi connectivity index (χ1v) is 10.5. The van der Waals surface area contributed by atoms with E-state index in [1.54, 1.807) is 16.0 Å². The van der Waals surface area contributed by atoms with Gasteiger partial charge in [-0.3, -0.25) is 4.57 Å². The lowest BCUT2D eigenvalue weighted by Gasteiger charge is -2.10. The number of aromatic nitrogens is 4. The molecule has 0 saturated carbocycles. The number of nitrogens with zero attached hydrogens (tertiary/aromatic N) is 5. The number of aliphatic imine (C=N–C) groups is 1. The SMILES string of the molecule is CCNC(=NCc1nc(C)c(C)s1)NCCCn1nc2n(c1=O)CCCC2.I. The second-order valence-electron chi connectivity index (χ2n) is 6.76. The van der Waals surface area contributed by atoms with E-state index in [9.17, 15) is 4.79 Å². The Balaban J connectivity index is 0.00000280. The molecule has 2 aromatic rings. The van der Waals surface area contributed by atoms with Crippen molar-refractivity contribution in [2.45, 2.75) is 66.1 Å². The Kier molecular flexibility index (Phi) is 8.93. The molecule has 0 fully saturated rings. The Morgan fingerprint density at radius 1 is 1.29 bits per heavy atom. The van der Waals surface area contributed by atoms with Crippen molar-refractivity contribution < 1.29 is 0 Å². The van der Waals surface area contributed by atoms with Crippen LogP contribution in [0.15, 0.2) is 9.79 Å². The van der Waals surface area contributed by atoms with E-state index in [-0.39, 0.29) is 29.7 Å². The molecule has 28 heavy (non-hydrogen) atoms. The highest BCUT2D eigenvalue weighted by molar-refractivity contribution is 14.0. The summed E-state index contributed by atoms with van der Waals surface area (Å²) in [5, 5.41) is 12.1. The van der Waals surface area contributed by atoms with E-state index >= 15 is 0 Å². The molecule has 8 nitrogen and oxygen atoms in total. The zero-order valence-electron chi connectivity index (χ0n) is 16.8. The minimum atomic E-state index is 0. The van der Waals surface area contributed by atoms with E-state index in [2.05, 4.69) is 32.6 Å². The fourth-order valence-electron chi connectivity index (χ4n) is 3.13. The van der Waals surface area contributed by atoms with Crippen molar-refractivity contribution in [1.82, 2.24) is 30.0 Å². The third-order valence-corrected chi connectivity index (χ3v) is 5.72. The summed E-state index contributed by atoms with van der Waals surface area (Å²) in [5.74, 6) is 1.71. The average molecular weight is 519 g/mol. The largest absolute Gasteiger partial charge is 0.357 e. The summed E-state index contributed by atoms with van der Waals surface area (Å²) >= 11 is 1.69. The van der Waals surface area contributed by atoms with Gasteiger partial charge in [0.25, 0.3) is 0 Å². The quantitative estimate of drug-likeness (QED) is 0.254. The van der Waals surface area contributed by atoms with Crippen molar-refractivity contribution in [3.05, 3.63) is 31.9 Å². The lowest BCUT2D eigenvalue weighted by atomic mass is 10.2. The van der Waals surface area contributed by atoms with E-state index in [1.165, 1.54) is 4.88 Å². The molecule has 10 heteroatoms. The molecule has 1 aliphatic rings. The number of rotatable bonds is 7. The molecule has 2 N–H and O–H groups in total. The molecule has 0 aliphatic carbocycles. The first-order chi connectivity index (χ1) is 13.1. The molecular weight excluding hydrogens is 489 g/mol. The van der Waals surface area contributed by atoms with Crippen LogP contribution in [-0.4, -0.2) is 38.4 Å². The monoisotopic (exact) mass is 519 g/mol. The highest BCUT2D eigenvalue weighted by atomic mass is 127. The number of hydrogen-bond donors (Lipinski definition) is 2. The van der Waals surface area contributed by atoms with E-state index in [0.29, 0.717) is 13.1 Å². The van der Waals surface area contributed by atoms with Gasteiger partial charge in [-0.25, -0.2) is 19.5 Å². The molecular formula is C18H30IN7OS. The Morgan fingerprint density at radius 3 is 2.79 bits per heavy atom. The van der Waals surface area contributed by atoms with Gasteiger partial charge in [0, 0.05) is 37.5 Å². The Morgan fingerprint density at radius 2 is 2.11 bits per heavy atom. The molecule has 0 aromatic carbocycles.